The predicted molar refractivity (Wildman–Crippen MR) is 55.1 cm³/mol. The van der Waals surface area contributed by atoms with Gasteiger partial charge in [-0.25, -0.2) is 0 Å². The lowest BCUT2D eigenvalue weighted by molar-refractivity contribution is -0.118. The van der Waals surface area contributed by atoms with Crippen LogP contribution >= 0.6 is 11.6 Å². The highest BCUT2D eigenvalue weighted by Gasteiger charge is 2.06. The first-order valence-corrected chi connectivity index (χ1v) is 4.82. The van der Waals surface area contributed by atoms with Crippen LogP contribution in [0.4, 0.5) is 0 Å². The van der Waals surface area contributed by atoms with E-state index in [-0.39, 0.29) is 11.2 Å². The van der Waals surface area contributed by atoms with Crippen molar-refractivity contribution in [1.29, 1.82) is 0 Å². The minimum Gasteiger partial charge on any atom is -0.299 e. The Labute approximate surface area is 83.7 Å². The second-order valence-corrected chi connectivity index (χ2v) is 3.93. The van der Waals surface area contributed by atoms with Gasteiger partial charge < -0.3 is 0 Å². The molecule has 1 nitrogen and oxygen atoms in total. The minimum atomic E-state index is -0.0591. The van der Waals surface area contributed by atoms with Crippen molar-refractivity contribution >= 4 is 17.4 Å². The van der Waals surface area contributed by atoms with Gasteiger partial charge in [0.1, 0.15) is 5.78 Å². The lowest BCUT2D eigenvalue weighted by Gasteiger charge is -2.01. The van der Waals surface area contributed by atoms with E-state index in [0.29, 0.717) is 12.8 Å². The molecule has 0 fully saturated rings. The quantitative estimate of drug-likeness (QED) is 0.677. The largest absolute Gasteiger partial charge is 0.299 e. The van der Waals surface area contributed by atoms with Crippen LogP contribution in [0.15, 0.2) is 30.3 Å². The topological polar surface area (TPSA) is 17.1 Å². The average Bonchev–Trinajstić information content (AvgIpc) is 2.04. The highest BCUT2D eigenvalue weighted by molar-refractivity contribution is 6.21. The Kier molecular flexibility index (Phi) is 3.97. The molecular weight excluding hydrogens is 184 g/mol. The molecule has 70 valence electrons. The van der Waals surface area contributed by atoms with E-state index in [4.69, 9.17) is 11.6 Å². The van der Waals surface area contributed by atoms with E-state index in [1.54, 1.807) is 0 Å². The first kappa shape index (κ1) is 10.3. The number of hydrogen-bond donors (Lipinski definition) is 0. The fourth-order valence-electron chi connectivity index (χ4n) is 1.21. The van der Waals surface area contributed by atoms with Gasteiger partial charge in [0.2, 0.25) is 0 Å². The summed E-state index contributed by atoms with van der Waals surface area (Å²) in [7, 11) is 0. The number of benzene rings is 1. The summed E-state index contributed by atoms with van der Waals surface area (Å²) in [5.74, 6) is 0.203. The van der Waals surface area contributed by atoms with Crippen molar-refractivity contribution in [3.8, 4) is 0 Å². The molecule has 0 N–H and O–H groups in total. The third-order valence-electron chi connectivity index (χ3n) is 1.75. The van der Waals surface area contributed by atoms with Crippen LogP contribution in [-0.4, -0.2) is 11.2 Å². The molecule has 0 aromatic heterocycles. The van der Waals surface area contributed by atoms with Crippen molar-refractivity contribution in [1.82, 2.24) is 0 Å². The molecule has 1 unspecified atom stereocenters. The first-order valence-electron chi connectivity index (χ1n) is 4.38. The molecule has 0 aliphatic rings. The zero-order chi connectivity index (χ0) is 9.68. The molecule has 1 rings (SSSR count). The standard InChI is InChI=1S/C11H13ClO/c1-9(12)7-11(13)8-10-5-3-2-4-6-10/h2-6,9H,7-8H2,1H3. The van der Waals surface area contributed by atoms with E-state index < -0.39 is 0 Å². The average molecular weight is 197 g/mol. The van der Waals surface area contributed by atoms with Crippen LogP contribution < -0.4 is 0 Å². The summed E-state index contributed by atoms with van der Waals surface area (Å²) in [6, 6.07) is 9.73. The van der Waals surface area contributed by atoms with Gasteiger partial charge in [-0.3, -0.25) is 4.79 Å². The Hall–Kier alpha value is -0.820. The number of rotatable bonds is 4. The van der Waals surface area contributed by atoms with Gasteiger partial charge in [0.25, 0.3) is 0 Å². The molecule has 0 aliphatic heterocycles. The maximum atomic E-state index is 11.3. The second-order valence-electron chi connectivity index (χ2n) is 3.19. The van der Waals surface area contributed by atoms with Gasteiger partial charge in [0.15, 0.2) is 0 Å². The Balaban J connectivity index is 2.46. The van der Waals surface area contributed by atoms with Crippen molar-refractivity contribution < 1.29 is 4.79 Å². The van der Waals surface area contributed by atoms with Crippen LogP contribution in [0, 0.1) is 0 Å². The first-order chi connectivity index (χ1) is 6.18. The van der Waals surface area contributed by atoms with Crippen molar-refractivity contribution in [2.75, 3.05) is 0 Å². The monoisotopic (exact) mass is 196 g/mol. The minimum absolute atomic E-state index is 0.0591. The van der Waals surface area contributed by atoms with E-state index >= 15 is 0 Å². The molecule has 0 heterocycles. The lowest BCUT2D eigenvalue weighted by atomic mass is 10.1. The number of carbonyl (C=O) groups excluding carboxylic acids is 1. The molecule has 1 aromatic rings. The van der Waals surface area contributed by atoms with Crippen LogP contribution in [0.2, 0.25) is 0 Å². The Morgan fingerprint density at radius 1 is 1.38 bits per heavy atom. The molecule has 1 atom stereocenters. The van der Waals surface area contributed by atoms with Gasteiger partial charge in [-0.15, -0.1) is 11.6 Å². The maximum Gasteiger partial charge on any atom is 0.138 e. The van der Waals surface area contributed by atoms with Crippen molar-refractivity contribution in [3.05, 3.63) is 35.9 Å². The van der Waals surface area contributed by atoms with Crippen LogP contribution in [-0.2, 0) is 11.2 Å². The second kappa shape index (κ2) is 5.03. The van der Waals surface area contributed by atoms with Gasteiger partial charge >= 0.3 is 0 Å². The van der Waals surface area contributed by atoms with Gasteiger partial charge in [0, 0.05) is 18.2 Å². The molecule has 0 bridgehead atoms. The predicted octanol–water partition coefficient (Wildman–Crippen LogP) is 2.82. The molecular formula is C11H13ClO. The van der Waals surface area contributed by atoms with Gasteiger partial charge in [-0.05, 0) is 12.5 Å². The van der Waals surface area contributed by atoms with E-state index in [0.717, 1.165) is 5.56 Å². The van der Waals surface area contributed by atoms with E-state index in [1.807, 2.05) is 37.3 Å². The van der Waals surface area contributed by atoms with Crippen LogP contribution in [0.1, 0.15) is 18.9 Å². The molecule has 0 radical (unpaired) electrons. The summed E-state index contributed by atoms with van der Waals surface area (Å²) in [4.78, 5) is 11.3. The normalized spacial score (nSPS) is 12.5. The summed E-state index contributed by atoms with van der Waals surface area (Å²) < 4.78 is 0. The van der Waals surface area contributed by atoms with Gasteiger partial charge in [-0.1, -0.05) is 30.3 Å². The summed E-state index contributed by atoms with van der Waals surface area (Å²) in [5.41, 5.74) is 1.06. The SMILES string of the molecule is CC(Cl)CC(=O)Cc1ccccc1. The number of hydrogen-bond acceptors (Lipinski definition) is 1. The highest BCUT2D eigenvalue weighted by Crippen LogP contribution is 2.06. The molecule has 0 saturated carbocycles. The third kappa shape index (κ3) is 4.09. The van der Waals surface area contributed by atoms with Crippen LogP contribution in [0.5, 0.6) is 0 Å². The number of alkyl halides is 1. The summed E-state index contributed by atoms with van der Waals surface area (Å²) in [6.07, 6.45) is 0.953. The molecule has 0 amide bonds. The molecule has 1 aromatic carbocycles. The summed E-state index contributed by atoms with van der Waals surface area (Å²) >= 11 is 5.72. The lowest BCUT2D eigenvalue weighted by Crippen LogP contribution is -2.07. The van der Waals surface area contributed by atoms with Crippen LogP contribution in [0.3, 0.4) is 0 Å². The summed E-state index contributed by atoms with van der Waals surface area (Å²) in [5, 5.41) is -0.0591. The number of ketones is 1. The fraction of sp³-hybridized carbons (Fsp3) is 0.364. The number of halogens is 1. The zero-order valence-corrected chi connectivity index (χ0v) is 8.42. The van der Waals surface area contributed by atoms with Crippen molar-refractivity contribution in [2.24, 2.45) is 0 Å². The molecule has 0 saturated heterocycles. The number of Topliss-reactive ketones (excluding diaryl/α,β-unsaturated/α-hetero) is 1. The number of carbonyl (C=O) groups is 1. The highest BCUT2D eigenvalue weighted by atomic mass is 35.5. The smallest absolute Gasteiger partial charge is 0.138 e. The summed E-state index contributed by atoms with van der Waals surface area (Å²) in [6.45, 7) is 1.84. The van der Waals surface area contributed by atoms with Crippen molar-refractivity contribution in [3.63, 3.8) is 0 Å². The van der Waals surface area contributed by atoms with E-state index in [2.05, 4.69) is 0 Å². The van der Waals surface area contributed by atoms with Crippen molar-refractivity contribution in [2.45, 2.75) is 25.1 Å². The molecule has 2 heteroatoms. The maximum absolute atomic E-state index is 11.3. The molecule has 0 aliphatic carbocycles. The Morgan fingerprint density at radius 3 is 2.54 bits per heavy atom. The van der Waals surface area contributed by atoms with Crippen LogP contribution in [0.25, 0.3) is 0 Å². The van der Waals surface area contributed by atoms with E-state index in [9.17, 15) is 4.79 Å². The third-order valence-corrected chi connectivity index (χ3v) is 1.91. The van der Waals surface area contributed by atoms with Gasteiger partial charge in [0.05, 0.1) is 0 Å². The zero-order valence-electron chi connectivity index (χ0n) is 7.66. The molecule has 13 heavy (non-hydrogen) atoms. The Bertz CT molecular complexity index is 267. The fourth-order valence-corrected chi connectivity index (χ4v) is 1.38. The van der Waals surface area contributed by atoms with Gasteiger partial charge in [-0.2, -0.15) is 0 Å². The Morgan fingerprint density at radius 2 is 2.00 bits per heavy atom. The van der Waals surface area contributed by atoms with E-state index in [1.165, 1.54) is 0 Å². The molecule has 0 spiro atoms.